The summed E-state index contributed by atoms with van der Waals surface area (Å²) in [5, 5.41) is 0.125. The maximum Gasteiger partial charge on any atom is 0.142 e. The van der Waals surface area contributed by atoms with Gasteiger partial charge in [-0.05, 0) is 67.6 Å². The van der Waals surface area contributed by atoms with Crippen LogP contribution in [0.5, 0.6) is 0 Å². The van der Waals surface area contributed by atoms with Crippen LogP contribution in [0.15, 0.2) is 31.8 Å². The van der Waals surface area contributed by atoms with E-state index in [1.54, 1.807) is 23.5 Å². The zero-order valence-corrected chi connectivity index (χ0v) is 14.3. The molecule has 0 aliphatic heterocycles. The molecule has 0 aliphatic rings. The van der Waals surface area contributed by atoms with Gasteiger partial charge in [-0.15, -0.1) is 11.3 Å². The van der Waals surface area contributed by atoms with Gasteiger partial charge in [-0.25, -0.2) is 4.39 Å². The molecule has 0 aliphatic carbocycles. The second kappa shape index (κ2) is 6.65. The fourth-order valence-electron chi connectivity index (χ4n) is 1.75. The summed E-state index contributed by atoms with van der Waals surface area (Å²) in [6.07, 6.45) is 0.576. The molecule has 0 radical (unpaired) electrons. The maximum absolute atomic E-state index is 13.4. The molecule has 0 saturated carbocycles. The van der Waals surface area contributed by atoms with E-state index in [0.717, 1.165) is 18.7 Å². The number of nitrogens with one attached hydrogen (secondary N) is 1. The topological polar surface area (TPSA) is 38.0 Å². The Morgan fingerprint density at radius 1 is 1.37 bits per heavy atom. The summed E-state index contributed by atoms with van der Waals surface area (Å²) in [4.78, 5) is 0. The number of rotatable bonds is 4. The van der Waals surface area contributed by atoms with E-state index in [-0.39, 0.29) is 11.1 Å². The Hall–Kier alpha value is 0.0200. The fraction of sp³-hybridized carbons (Fsp3) is 0.167. The number of thiophene rings is 1. The van der Waals surface area contributed by atoms with E-state index in [1.807, 2.05) is 6.07 Å². The van der Waals surface area contributed by atoms with Crippen molar-refractivity contribution in [2.45, 2.75) is 12.5 Å². The van der Waals surface area contributed by atoms with Crippen molar-refractivity contribution in [3.63, 3.8) is 0 Å². The summed E-state index contributed by atoms with van der Waals surface area (Å²) in [6, 6.07) is 6.68. The summed E-state index contributed by atoms with van der Waals surface area (Å²) in [6.45, 7) is 0. The molecule has 1 heterocycles. The molecular formula is C12H10Br2ClFN2S. The molecule has 2 rings (SSSR count). The van der Waals surface area contributed by atoms with Gasteiger partial charge >= 0.3 is 0 Å². The zero-order chi connectivity index (χ0) is 14.0. The predicted octanol–water partition coefficient (Wildman–Crippen LogP) is 4.81. The van der Waals surface area contributed by atoms with Gasteiger partial charge in [-0.1, -0.05) is 17.7 Å². The molecule has 0 amide bonds. The largest absolute Gasteiger partial charge is 0.271 e. The highest BCUT2D eigenvalue weighted by Gasteiger charge is 2.17. The minimum absolute atomic E-state index is 0.0995. The van der Waals surface area contributed by atoms with Gasteiger partial charge in [0.15, 0.2) is 0 Å². The third-order valence-corrected chi connectivity index (χ3v) is 5.38. The molecule has 0 saturated heterocycles. The maximum atomic E-state index is 13.4. The van der Waals surface area contributed by atoms with Crippen molar-refractivity contribution in [1.29, 1.82) is 0 Å². The summed E-state index contributed by atoms with van der Waals surface area (Å²) >= 11 is 14.2. The van der Waals surface area contributed by atoms with E-state index in [1.165, 1.54) is 6.07 Å². The third-order valence-electron chi connectivity index (χ3n) is 2.68. The highest BCUT2D eigenvalue weighted by atomic mass is 79.9. The molecule has 7 heteroatoms. The molecule has 1 unspecified atom stereocenters. The first-order valence-electron chi connectivity index (χ1n) is 5.36. The van der Waals surface area contributed by atoms with Crippen LogP contribution in [0.1, 0.15) is 17.2 Å². The predicted molar refractivity (Wildman–Crippen MR) is 84.9 cm³/mol. The SMILES string of the molecule is NNC(Cc1ccc(Cl)c(F)c1)c1cc(Br)sc1Br. The Labute approximate surface area is 136 Å². The second-order valence-electron chi connectivity index (χ2n) is 3.95. The first-order valence-corrected chi connectivity index (χ1v) is 8.14. The van der Waals surface area contributed by atoms with E-state index in [2.05, 4.69) is 37.3 Å². The van der Waals surface area contributed by atoms with Crippen LogP contribution in [0, 0.1) is 5.82 Å². The van der Waals surface area contributed by atoms with Crippen molar-refractivity contribution in [3.8, 4) is 0 Å². The monoisotopic (exact) mass is 426 g/mol. The molecule has 0 bridgehead atoms. The number of hydrogen-bond donors (Lipinski definition) is 2. The molecule has 0 spiro atoms. The first-order chi connectivity index (χ1) is 9.01. The molecule has 3 N–H and O–H groups in total. The minimum Gasteiger partial charge on any atom is -0.271 e. The van der Waals surface area contributed by atoms with Crippen LogP contribution < -0.4 is 11.3 Å². The molecule has 1 aromatic carbocycles. The highest BCUT2D eigenvalue weighted by Crippen LogP contribution is 2.36. The van der Waals surface area contributed by atoms with E-state index >= 15 is 0 Å². The molecule has 102 valence electrons. The molecule has 2 aromatic rings. The summed E-state index contributed by atoms with van der Waals surface area (Å²) in [7, 11) is 0. The van der Waals surface area contributed by atoms with Crippen LogP contribution >= 0.6 is 54.8 Å². The number of benzene rings is 1. The third kappa shape index (κ3) is 3.77. The lowest BCUT2D eigenvalue weighted by Gasteiger charge is -2.15. The molecule has 1 aromatic heterocycles. The Morgan fingerprint density at radius 2 is 2.11 bits per heavy atom. The lowest BCUT2D eigenvalue weighted by molar-refractivity contribution is 0.548. The van der Waals surface area contributed by atoms with Gasteiger partial charge < -0.3 is 0 Å². The Balaban J connectivity index is 2.23. The van der Waals surface area contributed by atoms with Crippen LogP contribution in [0.3, 0.4) is 0 Å². The van der Waals surface area contributed by atoms with Gasteiger partial charge in [0.2, 0.25) is 0 Å². The van der Waals surface area contributed by atoms with E-state index in [9.17, 15) is 4.39 Å². The van der Waals surface area contributed by atoms with Crippen LogP contribution in [-0.4, -0.2) is 0 Å². The summed E-state index contributed by atoms with van der Waals surface area (Å²) < 4.78 is 15.4. The Morgan fingerprint density at radius 3 is 2.63 bits per heavy atom. The number of hydrazine groups is 1. The van der Waals surface area contributed by atoms with Crippen LogP contribution in [0.25, 0.3) is 0 Å². The Kier molecular flexibility index (Phi) is 5.39. The normalized spacial score (nSPS) is 12.7. The lowest BCUT2D eigenvalue weighted by Crippen LogP contribution is -2.29. The van der Waals surface area contributed by atoms with E-state index < -0.39 is 5.82 Å². The lowest BCUT2D eigenvalue weighted by atomic mass is 10.0. The molecule has 19 heavy (non-hydrogen) atoms. The van der Waals surface area contributed by atoms with Crippen LogP contribution in [-0.2, 0) is 6.42 Å². The zero-order valence-electron chi connectivity index (χ0n) is 9.59. The smallest absolute Gasteiger partial charge is 0.142 e. The highest BCUT2D eigenvalue weighted by molar-refractivity contribution is 9.12. The molecular weight excluding hydrogens is 418 g/mol. The van der Waals surface area contributed by atoms with Gasteiger partial charge in [-0.3, -0.25) is 11.3 Å². The van der Waals surface area contributed by atoms with Crippen LogP contribution in [0.2, 0.25) is 5.02 Å². The van der Waals surface area contributed by atoms with Crippen molar-refractivity contribution >= 4 is 54.8 Å². The number of halogens is 4. The van der Waals surface area contributed by atoms with Crippen LogP contribution in [0.4, 0.5) is 4.39 Å². The molecule has 2 nitrogen and oxygen atoms in total. The van der Waals surface area contributed by atoms with Gasteiger partial charge in [0.05, 0.1) is 18.6 Å². The van der Waals surface area contributed by atoms with E-state index in [4.69, 9.17) is 17.4 Å². The average molecular weight is 429 g/mol. The minimum atomic E-state index is -0.416. The van der Waals surface area contributed by atoms with Gasteiger partial charge in [-0.2, -0.15) is 0 Å². The first kappa shape index (κ1) is 15.4. The average Bonchev–Trinajstić information content (AvgIpc) is 2.70. The van der Waals surface area contributed by atoms with Crippen molar-refractivity contribution < 1.29 is 4.39 Å². The van der Waals surface area contributed by atoms with Gasteiger partial charge in [0.1, 0.15) is 5.82 Å². The molecule has 0 fully saturated rings. The number of hydrogen-bond acceptors (Lipinski definition) is 3. The quantitative estimate of drug-likeness (QED) is 0.542. The fourth-order valence-corrected chi connectivity index (χ4v) is 4.84. The second-order valence-corrected chi connectivity index (χ2v) is 8.11. The van der Waals surface area contributed by atoms with Gasteiger partial charge in [0, 0.05) is 0 Å². The van der Waals surface area contributed by atoms with Gasteiger partial charge in [0.25, 0.3) is 0 Å². The molecule has 1 atom stereocenters. The van der Waals surface area contributed by atoms with E-state index in [0.29, 0.717) is 6.42 Å². The van der Waals surface area contributed by atoms with Crippen molar-refractivity contribution in [2.24, 2.45) is 5.84 Å². The standard InChI is InChI=1S/C12H10Br2ClFN2S/c13-11-5-7(12(14)19-11)10(18-17)4-6-1-2-8(15)9(16)3-6/h1-3,5,10,18H,4,17H2. The van der Waals surface area contributed by atoms with Crippen molar-refractivity contribution in [3.05, 3.63) is 53.8 Å². The van der Waals surface area contributed by atoms with Crippen molar-refractivity contribution in [1.82, 2.24) is 5.43 Å². The van der Waals surface area contributed by atoms with Crippen molar-refractivity contribution in [2.75, 3.05) is 0 Å². The summed E-state index contributed by atoms with van der Waals surface area (Å²) in [5.41, 5.74) is 4.62. The summed E-state index contributed by atoms with van der Waals surface area (Å²) in [5.74, 6) is 5.18. The Bertz CT molecular complexity index is 591. The number of nitrogens with two attached hydrogens (primary N) is 1.